The van der Waals surface area contributed by atoms with Crippen molar-refractivity contribution < 1.29 is 18.8 Å². The third-order valence-corrected chi connectivity index (χ3v) is 5.40. The fourth-order valence-electron chi connectivity index (χ4n) is 3.74. The van der Waals surface area contributed by atoms with Crippen LogP contribution < -0.4 is 10.6 Å². The highest BCUT2D eigenvalue weighted by atomic mass is 19.1. The van der Waals surface area contributed by atoms with Crippen LogP contribution in [0.2, 0.25) is 0 Å². The van der Waals surface area contributed by atoms with Gasteiger partial charge in [0.15, 0.2) is 0 Å². The second-order valence-corrected chi connectivity index (χ2v) is 7.25. The van der Waals surface area contributed by atoms with Gasteiger partial charge in [0.2, 0.25) is 5.91 Å². The van der Waals surface area contributed by atoms with E-state index in [4.69, 9.17) is 0 Å². The number of rotatable bonds is 6. The fraction of sp³-hybridized carbons (Fsp3) is 0.174. The lowest BCUT2D eigenvalue weighted by Crippen LogP contribution is -2.44. The Balaban J connectivity index is 1.52. The fourth-order valence-corrected chi connectivity index (χ4v) is 3.74. The van der Waals surface area contributed by atoms with Gasteiger partial charge in [-0.3, -0.25) is 14.5 Å². The van der Waals surface area contributed by atoms with Crippen LogP contribution >= 0.6 is 0 Å². The van der Waals surface area contributed by atoms with Crippen LogP contribution in [0.3, 0.4) is 0 Å². The van der Waals surface area contributed by atoms with Crippen LogP contribution in [0.4, 0.5) is 14.9 Å². The average molecular weight is 420 g/mol. The van der Waals surface area contributed by atoms with Gasteiger partial charge in [-0.15, -0.1) is 0 Å². The van der Waals surface area contributed by atoms with E-state index >= 15 is 0 Å². The van der Waals surface area contributed by atoms with E-state index < -0.39 is 35.7 Å². The first-order valence-electron chi connectivity index (χ1n) is 9.87. The molecule has 2 aromatic carbocycles. The minimum absolute atomic E-state index is 0.0342. The number of carbonyl (C=O) groups is 3. The van der Waals surface area contributed by atoms with Crippen LogP contribution in [0.1, 0.15) is 18.9 Å². The van der Waals surface area contributed by atoms with Crippen LogP contribution in [0.15, 0.2) is 73.1 Å². The molecule has 2 heterocycles. The van der Waals surface area contributed by atoms with Crippen LogP contribution in [0, 0.1) is 5.82 Å². The third-order valence-electron chi connectivity index (χ3n) is 5.40. The summed E-state index contributed by atoms with van der Waals surface area (Å²) in [5, 5.41) is 5.19. The monoisotopic (exact) mass is 420 g/mol. The molecule has 1 saturated heterocycles. The van der Waals surface area contributed by atoms with Gasteiger partial charge in [-0.05, 0) is 42.3 Å². The van der Waals surface area contributed by atoms with E-state index in [1.54, 1.807) is 54.2 Å². The molecule has 0 radical (unpaired) electrons. The molecule has 1 aliphatic rings. The number of nitrogens with one attached hydrogen (secondary N) is 2. The number of aromatic nitrogens is 1. The Labute approximate surface area is 178 Å². The SMILES string of the molecule is CCC1(c2ccccc2)NC(=O)N(CC(=O)Nc2cc(-n3cccc3)ccc2F)C1=O. The van der Waals surface area contributed by atoms with E-state index in [1.807, 2.05) is 18.2 Å². The van der Waals surface area contributed by atoms with E-state index in [-0.39, 0.29) is 5.69 Å². The molecule has 3 aromatic rings. The van der Waals surface area contributed by atoms with Crippen molar-refractivity contribution in [3.05, 3.63) is 84.4 Å². The van der Waals surface area contributed by atoms with Crippen molar-refractivity contribution in [2.45, 2.75) is 18.9 Å². The minimum atomic E-state index is -1.22. The smallest absolute Gasteiger partial charge is 0.324 e. The number of carbonyl (C=O) groups excluding carboxylic acids is 3. The summed E-state index contributed by atoms with van der Waals surface area (Å²) in [6.07, 6.45) is 3.91. The highest BCUT2D eigenvalue weighted by molar-refractivity contribution is 6.10. The van der Waals surface area contributed by atoms with Crippen molar-refractivity contribution in [2.24, 2.45) is 0 Å². The summed E-state index contributed by atoms with van der Waals surface area (Å²) in [4.78, 5) is 39.1. The Bertz CT molecular complexity index is 1130. The quantitative estimate of drug-likeness (QED) is 0.600. The predicted molar refractivity (Wildman–Crippen MR) is 113 cm³/mol. The maximum Gasteiger partial charge on any atom is 0.325 e. The predicted octanol–water partition coefficient (Wildman–Crippen LogP) is 3.41. The summed E-state index contributed by atoms with van der Waals surface area (Å²) < 4.78 is 16.0. The van der Waals surface area contributed by atoms with Crippen molar-refractivity contribution in [1.82, 2.24) is 14.8 Å². The normalized spacial score (nSPS) is 18.2. The second-order valence-electron chi connectivity index (χ2n) is 7.25. The summed E-state index contributed by atoms with van der Waals surface area (Å²) in [6, 6.07) is 16.2. The summed E-state index contributed by atoms with van der Waals surface area (Å²) in [5.74, 6) is -1.80. The highest BCUT2D eigenvalue weighted by Gasteiger charge is 2.51. The number of amides is 4. The molecule has 31 heavy (non-hydrogen) atoms. The highest BCUT2D eigenvalue weighted by Crippen LogP contribution is 2.32. The zero-order chi connectivity index (χ0) is 22.0. The summed E-state index contributed by atoms with van der Waals surface area (Å²) in [6.45, 7) is 1.27. The largest absolute Gasteiger partial charge is 0.325 e. The molecule has 0 saturated carbocycles. The van der Waals surface area contributed by atoms with Crippen LogP contribution in [0.25, 0.3) is 5.69 Å². The number of hydrogen-bond donors (Lipinski definition) is 2. The molecule has 0 spiro atoms. The molecular formula is C23H21FN4O3. The molecule has 7 nitrogen and oxygen atoms in total. The van der Waals surface area contributed by atoms with E-state index in [1.165, 1.54) is 12.1 Å². The number of anilines is 1. The average Bonchev–Trinajstić information content (AvgIpc) is 3.39. The number of nitrogens with zero attached hydrogens (tertiary/aromatic N) is 2. The standard InChI is InChI=1S/C23H21FN4O3/c1-2-23(16-8-4-3-5-9-16)21(30)28(22(31)26-23)15-20(29)25-19-14-17(10-11-18(19)24)27-12-6-7-13-27/h3-14H,2,15H2,1H3,(H,25,29)(H,26,31). The van der Waals surface area contributed by atoms with E-state index in [9.17, 15) is 18.8 Å². The molecule has 4 rings (SSSR count). The van der Waals surface area contributed by atoms with Gasteiger partial charge >= 0.3 is 6.03 Å². The molecule has 0 bridgehead atoms. The van der Waals surface area contributed by atoms with Crippen molar-refractivity contribution in [2.75, 3.05) is 11.9 Å². The first-order valence-corrected chi connectivity index (χ1v) is 9.87. The van der Waals surface area contributed by atoms with Crippen molar-refractivity contribution >= 4 is 23.5 Å². The zero-order valence-electron chi connectivity index (χ0n) is 16.8. The van der Waals surface area contributed by atoms with E-state index in [0.29, 0.717) is 17.7 Å². The summed E-state index contributed by atoms with van der Waals surface area (Å²) >= 11 is 0. The second kappa shape index (κ2) is 8.06. The van der Waals surface area contributed by atoms with Crippen LogP contribution in [0.5, 0.6) is 0 Å². The lowest BCUT2D eigenvalue weighted by atomic mass is 9.87. The maximum atomic E-state index is 14.3. The Morgan fingerprint density at radius 2 is 1.77 bits per heavy atom. The first kappa shape index (κ1) is 20.3. The number of hydrogen-bond acceptors (Lipinski definition) is 3. The molecule has 1 aliphatic heterocycles. The lowest BCUT2D eigenvalue weighted by molar-refractivity contribution is -0.134. The van der Waals surface area contributed by atoms with Gasteiger partial charge in [0.05, 0.1) is 5.69 Å². The van der Waals surface area contributed by atoms with Crippen LogP contribution in [-0.4, -0.2) is 33.9 Å². The summed E-state index contributed by atoms with van der Waals surface area (Å²) in [7, 11) is 0. The maximum absolute atomic E-state index is 14.3. The van der Waals surface area contributed by atoms with Gasteiger partial charge in [0.1, 0.15) is 17.9 Å². The molecule has 8 heteroatoms. The van der Waals surface area contributed by atoms with Crippen molar-refractivity contribution in [3.63, 3.8) is 0 Å². The topological polar surface area (TPSA) is 83.4 Å². The molecule has 158 valence electrons. The van der Waals surface area contributed by atoms with Gasteiger partial charge in [0, 0.05) is 18.1 Å². The lowest BCUT2D eigenvalue weighted by Gasteiger charge is -2.25. The molecule has 1 aromatic heterocycles. The number of benzene rings is 2. The summed E-state index contributed by atoms with van der Waals surface area (Å²) in [5.41, 5.74) is 0.0427. The molecule has 1 atom stereocenters. The minimum Gasteiger partial charge on any atom is -0.324 e. The Kier molecular flexibility index (Phi) is 5.29. The number of urea groups is 1. The van der Waals surface area contributed by atoms with Crippen LogP contribution in [-0.2, 0) is 15.1 Å². The molecular weight excluding hydrogens is 399 g/mol. The van der Waals surface area contributed by atoms with Gasteiger partial charge in [-0.1, -0.05) is 37.3 Å². The molecule has 1 fully saturated rings. The molecule has 1 unspecified atom stereocenters. The van der Waals surface area contributed by atoms with Gasteiger partial charge < -0.3 is 15.2 Å². The zero-order valence-corrected chi connectivity index (χ0v) is 16.8. The van der Waals surface area contributed by atoms with Crippen molar-refractivity contribution in [3.8, 4) is 5.69 Å². The van der Waals surface area contributed by atoms with Gasteiger partial charge in [-0.25, -0.2) is 9.18 Å². The number of halogens is 1. The third kappa shape index (κ3) is 3.68. The molecule has 2 N–H and O–H groups in total. The number of imide groups is 1. The first-order chi connectivity index (χ1) is 14.9. The van der Waals surface area contributed by atoms with E-state index in [2.05, 4.69) is 10.6 Å². The molecule has 4 amide bonds. The molecule has 0 aliphatic carbocycles. The van der Waals surface area contributed by atoms with Crippen molar-refractivity contribution in [1.29, 1.82) is 0 Å². The van der Waals surface area contributed by atoms with Gasteiger partial charge in [-0.2, -0.15) is 0 Å². The Morgan fingerprint density at radius 1 is 1.06 bits per heavy atom. The Hall–Kier alpha value is -3.94. The van der Waals surface area contributed by atoms with E-state index in [0.717, 1.165) is 4.90 Å². The van der Waals surface area contributed by atoms with Gasteiger partial charge in [0.25, 0.3) is 5.91 Å². The Morgan fingerprint density at radius 3 is 2.45 bits per heavy atom.